The predicted octanol–water partition coefficient (Wildman–Crippen LogP) is -2.26. The highest BCUT2D eigenvalue weighted by atomic mass is 31.2. The molecule has 0 bridgehead atoms. The van der Waals surface area contributed by atoms with E-state index in [0.717, 1.165) is 30.6 Å². The second-order valence-electron chi connectivity index (χ2n) is 4.80. The summed E-state index contributed by atoms with van der Waals surface area (Å²) in [5.41, 5.74) is 0. The minimum Gasteiger partial charge on any atom is -0.687 e. The fraction of sp³-hybridized carbons (Fsp3) is 1.00. The topological polar surface area (TPSA) is 139 Å². The largest absolute Gasteiger partial charge is 0.687 e. The summed E-state index contributed by atoms with van der Waals surface area (Å²) in [6.45, 7) is 4.12. The van der Waals surface area contributed by atoms with E-state index < -0.39 is 28.5 Å². The lowest BCUT2D eigenvalue weighted by molar-refractivity contribution is -0.429. The Hall–Kier alpha value is 0.580. The summed E-state index contributed by atoms with van der Waals surface area (Å²) in [7, 11) is -9.47. The molecule has 116 valence electrons. The summed E-state index contributed by atoms with van der Waals surface area (Å²) in [6, 6.07) is 0. The van der Waals surface area contributed by atoms with Crippen molar-refractivity contribution in [3.63, 3.8) is 0 Å². The van der Waals surface area contributed by atoms with E-state index in [1.165, 1.54) is 0 Å². The van der Waals surface area contributed by atoms with Crippen molar-refractivity contribution >= 4 is 15.9 Å². The molecule has 0 rings (SSSR count). The molecule has 0 aromatic heterocycles. The van der Waals surface area contributed by atoms with Gasteiger partial charge in [0.05, 0.1) is 14.2 Å². The zero-order valence-electron chi connectivity index (χ0n) is 11.4. The molecule has 0 saturated heterocycles. The number of nitrogens with zero attached hydrogens (tertiary/aromatic N) is 1. The molecule has 0 fully saturated rings. The molecule has 7 nitrogen and oxygen atoms in total. The van der Waals surface area contributed by atoms with Crippen molar-refractivity contribution in [2.75, 3.05) is 19.1 Å². The first-order valence-electron chi connectivity index (χ1n) is 6.33. The molecular weight excluding hydrogens is 292 g/mol. The number of hydrogen-bond acceptors (Lipinski definition) is 7. The lowest BCUT2D eigenvalue weighted by atomic mass is 9.99. The lowest BCUT2D eigenvalue weighted by Crippen LogP contribution is -2.45. The van der Waals surface area contributed by atoms with Crippen LogP contribution in [0, 0.1) is 5.92 Å². The SMILES string of the molecule is CCCCC(CC)CN(C[P+]([O-])([O-])[O-])C[P+]([O-])([O-])O. The van der Waals surface area contributed by atoms with Crippen LogP contribution in [-0.4, -0.2) is 28.9 Å². The van der Waals surface area contributed by atoms with Gasteiger partial charge < -0.3 is 24.5 Å². The third kappa shape index (κ3) is 12.1. The van der Waals surface area contributed by atoms with Crippen molar-refractivity contribution in [2.24, 2.45) is 5.92 Å². The molecule has 0 aromatic rings. The van der Waals surface area contributed by atoms with Crippen molar-refractivity contribution < 1.29 is 29.4 Å². The molecule has 0 spiro atoms. The van der Waals surface area contributed by atoms with Crippen molar-refractivity contribution in [3.8, 4) is 0 Å². The van der Waals surface area contributed by atoms with Crippen LogP contribution in [0.15, 0.2) is 0 Å². The van der Waals surface area contributed by atoms with Crippen LogP contribution in [0.2, 0.25) is 0 Å². The van der Waals surface area contributed by atoms with Crippen LogP contribution in [0.4, 0.5) is 0 Å². The normalized spacial score (nSPS) is 15.0. The van der Waals surface area contributed by atoms with Crippen LogP contribution in [0.5, 0.6) is 0 Å². The quantitative estimate of drug-likeness (QED) is 0.449. The van der Waals surface area contributed by atoms with E-state index in [2.05, 4.69) is 0 Å². The van der Waals surface area contributed by atoms with E-state index in [9.17, 15) is 24.5 Å². The highest BCUT2D eigenvalue weighted by Gasteiger charge is 2.21. The fourth-order valence-electron chi connectivity index (χ4n) is 1.94. The fourth-order valence-corrected chi connectivity index (χ4v) is 3.52. The third-order valence-electron chi connectivity index (χ3n) is 2.81. The van der Waals surface area contributed by atoms with Gasteiger partial charge in [-0.25, -0.2) is 4.90 Å². The molecular formula is C10H22NO6P2-3. The van der Waals surface area contributed by atoms with Gasteiger partial charge in [-0.2, -0.15) is 0 Å². The van der Waals surface area contributed by atoms with E-state index in [1.807, 2.05) is 13.8 Å². The lowest BCUT2D eigenvalue weighted by Gasteiger charge is -2.46. The third-order valence-corrected chi connectivity index (χ3v) is 4.32. The summed E-state index contributed by atoms with van der Waals surface area (Å²) in [6.07, 6.45) is 1.85. The van der Waals surface area contributed by atoms with Gasteiger partial charge >= 0.3 is 0 Å². The summed E-state index contributed by atoms with van der Waals surface area (Å²) < 4.78 is 0. The molecule has 0 aromatic carbocycles. The van der Waals surface area contributed by atoms with Crippen molar-refractivity contribution in [2.45, 2.75) is 39.5 Å². The molecule has 0 amide bonds. The standard InChI is InChI=1S/C10H25NO6P2/c1-3-5-6-10(4-2)7-11(8-18(12,13)14)9-19(15,16)17/h10H,3-9H2,1-2H3,(H2,12,13,14)(H2,15,16,17)/p-3. The maximum absolute atomic E-state index is 10.9. The second-order valence-corrected chi connectivity index (χ2v) is 7.86. The number of rotatable bonds is 10. The monoisotopic (exact) mass is 314 g/mol. The summed E-state index contributed by atoms with van der Waals surface area (Å²) in [5.74, 6) is 0.109. The van der Waals surface area contributed by atoms with Gasteiger partial charge in [0.25, 0.3) is 0 Å². The van der Waals surface area contributed by atoms with Gasteiger partial charge in [-0.15, -0.1) is 7.94 Å². The van der Waals surface area contributed by atoms with Crippen LogP contribution in [0.25, 0.3) is 0 Å². The zero-order valence-corrected chi connectivity index (χ0v) is 13.1. The van der Waals surface area contributed by atoms with Gasteiger partial charge in [0.2, 0.25) is 0 Å². The minimum absolute atomic E-state index is 0.109. The Kier molecular flexibility index (Phi) is 9.04. The molecule has 19 heavy (non-hydrogen) atoms. The number of hydrogen-bond donors (Lipinski definition) is 1. The maximum Gasteiger partial charge on any atom is 0.131 e. The first-order valence-corrected chi connectivity index (χ1v) is 9.82. The molecule has 1 N–H and O–H groups in total. The van der Waals surface area contributed by atoms with Crippen LogP contribution in [-0.2, 0) is 0 Å². The van der Waals surface area contributed by atoms with Crippen molar-refractivity contribution in [1.29, 1.82) is 0 Å². The average molecular weight is 314 g/mol. The highest BCUT2D eigenvalue weighted by molar-refractivity contribution is 7.56. The Balaban J connectivity index is 4.54. The Labute approximate surface area is 115 Å². The van der Waals surface area contributed by atoms with Crippen molar-refractivity contribution in [3.05, 3.63) is 0 Å². The Bertz CT molecular complexity index is 227. The van der Waals surface area contributed by atoms with Gasteiger partial charge in [0.1, 0.15) is 6.29 Å². The van der Waals surface area contributed by atoms with E-state index in [0.29, 0.717) is 0 Å². The molecule has 0 radical (unpaired) electrons. The summed E-state index contributed by atoms with van der Waals surface area (Å²) >= 11 is 0. The Morgan fingerprint density at radius 1 is 1.05 bits per heavy atom. The second kappa shape index (κ2) is 8.78. The molecule has 0 aliphatic rings. The van der Waals surface area contributed by atoms with Crippen LogP contribution < -0.4 is 24.5 Å². The molecule has 9 heteroatoms. The predicted molar refractivity (Wildman–Crippen MR) is 65.8 cm³/mol. The van der Waals surface area contributed by atoms with E-state index >= 15 is 0 Å². The van der Waals surface area contributed by atoms with Gasteiger partial charge in [0.15, 0.2) is 0 Å². The Morgan fingerprint density at radius 2 is 1.63 bits per heavy atom. The first-order chi connectivity index (χ1) is 8.57. The van der Waals surface area contributed by atoms with Gasteiger partial charge in [-0.1, -0.05) is 33.1 Å². The van der Waals surface area contributed by atoms with Crippen LogP contribution in [0.3, 0.4) is 0 Å². The molecule has 0 saturated carbocycles. The summed E-state index contributed by atoms with van der Waals surface area (Å²) in [4.78, 5) is 63.8. The van der Waals surface area contributed by atoms with Gasteiger partial charge in [-0.3, -0.25) is 4.89 Å². The maximum atomic E-state index is 10.9. The van der Waals surface area contributed by atoms with Crippen LogP contribution >= 0.6 is 15.9 Å². The first kappa shape index (κ1) is 19.6. The zero-order chi connectivity index (χ0) is 15.1. The molecule has 0 aliphatic carbocycles. The molecule has 1 unspecified atom stereocenters. The Morgan fingerprint density at radius 3 is 2.00 bits per heavy atom. The molecule has 1 atom stereocenters. The van der Waals surface area contributed by atoms with E-state index in [4.69, 9.17) is 4.89 Å². The van der Waals surface area contributed by atoms with Gasteiger partial charge in [0, 0.05) is 6.54 Å². The minimum atomic E-state index is -4.85. The summed E-state index contributed by atoms with van der Waals surface area (Å²) in [5, 5.41) is 0. The number of unbranched alkanes of at least 4 members (excludes halogenated alkanes) is 1. The average Bonchev–Trinajstić information content (AvgIpc) is 2.19. The molecule has 0 aliphatic heterocycles. The van der Waals surface area contributed by atoms with Crippen LogP contribution in [0.1, 0.15) is 39.5 Å². The highest BCUT2D eigenvalue weighted by Crippen LogP contribution is 2.38. The van der Waals surface area contributed by atoms with E-state index in [-0.39, 0.29) is 12.5 Å². The van der Waals surface area contributed by atoms with Crippen molar-refractivity contribution in [1.82, 2.24) is 4.90 Å². The van der Waals surface area contributed by atoms with Gasteiger partial charge in [-0.05, 0) is 12.3 Å². The van der Waals surface area contributed by atoms with E-state index in [1.54, 1.807) is 0 Å². The smallest absolute Gasteiger partial charge is 0.131 e. The molecule has 0 heterocycles.